The van der Waals surface area contributed by atoms with E-state index in [-0.39, 0.29) is 41.9 Å². The fourth-order valence-corrected chi connectivity index (χ4v) is 6.38. The van der Waals surface area contributed by atoms with E-state index in [1.165, 1.54) is 4.90 Å². The predicted molar refractivity (Wildman–Crippen MR) is 122 cm³/mol. The molecule has 1 aliphatic heterocycles. The van der Waals surface area contributed by atoms with Crippen LogP contribution < -0.4 is 4.74 Å². The van der Waals surface area contributed by atoms with Crippen molar-refractivity contribution in [1.29, 1.82) is 0 Å². The van der Waals surface area contributed by atoms with Crippen molar-refractivity contribution in [2.24, 2.45) is 35.5 Å². The molecular formula is C28H27NO4. The van der Waals surface area contributed by atoms with Crippen LogP contribution >= 0.6 is 0 Å². The highest BCUT2D eigenvalue weighted by molar-refractivity contribution is 6.09. The van der Waals surface area contributed by atoms with Gasteiger partial charge in [-0.1, -0.05) is 61.5 Å². The molecule has 2 bridgehead atoms. The highest BCUT2D eigenvalue weighted by Crippen LogP contribution is 2.65. The number of ether oxygens (including phenoxy) is 1. The average Bonchev–Trinajstić information content (AvgIpc) is 3.62. The van der Waals surface area contributed by atoms with E-state index >= 15 is 0 Å². The van der Waals surface area contributed by atoms with Crippen LogP contribution in [-0.4, -0.2) is 28.7 Å². The number of hydrogen-bond acceptors (Lipinski definition) is 4. The molecule has 4 aliphatic carbocycles. The summed E-state index contributed by atoms with van der Waals surface area (Å²) in [5.74, 6) is 0.107. The second-order valence-electron chi connectivity index (χ2n) is 9.83. The highest BCUT2D eigenvalue weighted by Gasteiger charge is 2.68. The first-order chi connectivity index (χ1) is 16.1. The van der Waals surface area contributed by atoms with Gasteiger partial charge in [-0.2, -0.15) is 0 Å². The Labute approximate surface area is 193 Å². The number of likely N-dealkylation sites (tertiary alicyclic amines) is 1. The Morgan fingerprint density at radius 2 is 1.52 bits per heavy atom. The summed E-state index contributed by atoms with van der Waals surface area (Å²) < 4.78 is 5.71. The third-order valence-corrected chi connectivity index (χ3v) is 8.10. The molecule has 5 heteroatoms. The molecule has 0 radical (unpaired) electrons. The number of imide groups is 1. The van der Waals surface area contributed by atoms with E-state index in [9.17, 15) is 14.4 Å². The zero-order chi connectivity index (χ0) is 22.7. The van der Waals surface area contributed by atoms with Crippen LogP contribution in [0.2, 0.25) is 0 Å². The first kappa shape index (κ1) is 20.4. The molecule has 1 heterocycles. The molecule has 2 saturated carbocycles. The largest absolute Gasteiger partial charge is 0.425 e. The Morgan fingerprint density at radius 1 is 0.909 bits per heavy atom. The zero-order valence-corrected chi connectivity index (χ0v) is 18.6. The summed E-state index contributed by atoms with van der Waals surface area (Å²) in [6.45, 7) is 2.06. The van der Waals surface area contributed by atoms with Crippen molar-refractivity contribution in [2.45, 2.75) is 32.2 Å². The van der Waals surface area contributed by atoms with Crippen molar-refractivity contribution in [3.8, 4) is 5.75 Å². The third-order valence-electron chi connectivity index (χ3n) is 8.10. The van der Waals surface area contributed by atoms with Gasteiger partial charge in [-0.3, -0.25) is 14.5 Å². The number of benzene rings is 2. The number of carbonyl (C=O) groups excluding carboxylic acids is 3. The van der Waals surface area contributed by atoms with E-state index in [1.54, 1.807) is 12.1 Å². The van der Waals surface area contributed by atoms with Crippen molar-refractivity contribution in [3.05, 3.63) is 77.9 Å². The van der Waals surface area contributed by atoms with Crippen LogP contribution in [0.4, 0.5) is 0 Å². The molecule has 0 unspecified atom stereocenters. The molecule has 0 spiro atoms. The molecule has 2 amide bonds. The summed E-state index contributed by atoms with van der Waals surface area (Å²) in [4.78, 5) is 42.0. The number of esters is 1. The van der Waals surface area contributed by atoms with Gasteiger partial charge < -0.3 is 4.74 Å². The Bertz CT molecular complexity index is 1100. The smallest absolute Gasteiger partial charge is 0.335 e. The monoisotopic (exact) mass is 441 g/mol. The number of amides is 2. The van der Waals surface area contributed by atoms with Gasteiger partial charge >= 0.3 is 5.97 Å². The number of hydrogen-bond donors (Lipinski definition) is 0. The maximum absolute atomic E-state index is 13.6. The van der Waals surface area contributed by atoms with E-state index in [0.29, 0.717) is 17.6 Å². The van der Waals surface area contributed by atoms with Crippen molar-refractivity contribution in [2.75, 3.05) is 0 Å². The molecule has 0 aromatic heterocycles. The summed E-state index contributed by atoms with van der Waals surface area (Å²) in [7, 11) is 0. The van der Waals surface area contributed by atoms with Gasteiger partial charge in [-0.15, -0.1) is 0 Å². The molecular weight excluding hydrogens is 414 g/mol. The minimum atomic E-state index is -0.973. The Kier molecular flexibility index (Phi) is 4.75. The number of allylic oxidation sites excluding steroid dienone is 2. The summed E-state index contributed by atoms with van der Waals surface area (Å²) in [6.07, 6.45) is 6.55. The molecule has 5 nitrogen and oxygen atoms in total. The van der Waals surface area contributed by atoms with E-state index < -0.39 is 12.0 Å². The molecule has 7 rings (SSSR count). The molecule has 7 atom stereocenters. The lowest BCUT2D eigenvalue weighted by atomic mass is 9.63. The fourth-order valence-electron chi connectivity index (χ4n) is 6.38. The second-order valence-corrected chi connectivity index (χ2v) is 9.83. The topological polar surface area (TPSA) is 63.7 Å². The van der Waals surface area contributed by atoms with Gasteiger partial charge in [-0.05, 0) is 59.8 Å². The Balaban J connectivity index is 1.31. The minimum absolute atomic E-state index is 0.126. The molecule has 5 aliphatic rings. The number of carbonyl (C=O) groups is 3. The zero-order valence-electron chi connectivity index (χ0n) is 18.6. The lowest BCUT2D eigenvalue weighted by molar-refractivity contribution is -0.153. The van der Waals surface area contributed by atoms with Crippen molar-refractivity contribution >= 4 is 17.8 Å². The third kappa shape index (κ3) is 3.25. The van der Waals surface area contributed by atoms with Gasteiger partial charge in [-0.25, -0.2) is 4.79 Å². The van der Waals surface area contributed by atoms with Gasteiger partial charge in [0, 0.05) is 6.42 Å². The van der Waals surface area contributed by atoms with E-state index in [4.69, 9.17) is 4.74 Å². The molecule has 2 aromatic carbocycles. The van der Waals surface area contributed by atoms with Crippen molar-refractivity contribution < 1.29 is 19.1 Å². The summed E-state index contributed by atoms with van der Waals surface area (Å²) >= 11 is 0. The van der Waals surface area contributed by atoms with Gasteiger partial charge in [0.25, 0.3) is 0 Å². The molecule has 0 N–H and O–H groups in total. The fraction of sp³-hybridized carbons (Fsp3) is 0.393. The van der Waals surface area contributed by atoms with Crippen molar-refractivity contribution in [1.82, 2.24) is 4.90 Å². The molecule has 168 valence electrons. The van der Waals surface area contributed by atoms with Gasteiger partial charge in [0.1, 0.15) is 11.8 Å². The Hall–Kier alpha value is -3.21. The summed E-state index contributed by atoms with van der Waals surface area (Å²) in [6, 6.07) is 15.9. The van der Waals surface area contributed by atoms with Crippen molar-refractivity contribution in [3.63, 3.8) is 0 Å². The lowest BCUT2D eigenvalue weighted by Gasteiger charge is -2.37. The summed E-state index contributed by atoms with van der Waals surface area (Å²) in [5.41, 5.74) is 2.03. The number of nitrogens with zero attached hydrogens (tertiary/aromatic N) is 1. The van der Waals surface area contributed by atoms with E-state index in [1.807, 2.05) is 42.5 Å². The van der Waals surface area contributed by atoms with Crippen LogP contribution in [0.25, 0.3) is 0 Å². The minimum Gasteiger partial charge on any atom is -0.425 e. The molecule has 33 heavy (non-hydrogen) atoms. The van der Waals surface area contributed by atoms with E-state index in [2.05, 4.69) is 19.1 Å². The van der Waals surface area contributed by atoms with Gasteiger partial charge in [0.2, 0.25) is 11.8 Å². The van der Waals surface area contributed by atoms with Crippen LogP contribution in [0, 0.1) is 35.5 Å². The number of aryl methyl sites for hydroxylation is 1. The SMILES string of the molecule is CCc1ccc(OC(=O)[C@@H](Cc2ccccc2)N2C(=O)[C@@H]3[C@@H]4C=C[C@H]([C@H]5C[C@H]45)[C@@H]3C2=O)cc1. The predicted octanol–water partition coefficient (Wildman–Crippen LogP) is 3.82. The standard InChI is InChI=1S/C28H27NO4/c1-2-16-8-10-18(11-9-16)33-28(32)23(14-17-6-4-3-5-7-17)29-26(30)24-19-12-13-20(22-15-21(19)22)25(24)27(29)31/h3-13,19-25H,2,14-15H2,1H3/t19-,20-,21-,22-,23-,24-,25+/m1/s1. The normalized spacial score (nSPS) is 31.8. The van der Waals surface area contributed by atoms with Crippen LogP contribution in [-0.2, 0) is 27.2 Å². The lowest BCUT2D eigenvalue weighted by Crippen LogP contribution is -2.48. The molecule has 3 fully saturated rings. The van der Waals surface area contributed by atoms with Gasteiger partial charge in [0.05, 0.1) is 11.8 Å². The Morgan fingerprint density at radius 3 is 2.09 bits per heavy atom. The maximum Gasteiger partial charge on any atom is 0.335 e. The average molecular weight is 442 g/mol. The second kappa shape index (κ2) is 7.68. The highest BCUT2D eigenvalue weighted by atomic mass is 16.5. The molecule has 2 aromatic rings. The maximum atomic E-state index is 13.6. The quantitative estimate of drug-likeness (QED) is 0.296. The first-order valence-corrected chi connectivity index (χ1v) is 12.0. The number of rotatable bonds is 6. The van der Waals surface area contributed by atoms with Crippen LogP contribution in [0.5, 0.6) is 5.75 Å². The summed E-state index contributed by atoms with van der Waals surface area (Å²) in [5, 5.41) is 0. The molecule has 1 saturated heterocycles. The van der Waals surface area contributed by atoms with Crippen LogP contribution in [0.1, 0.15) is 24.5 Å². The van der Waals surface area contributed by atoms with Crippen LogP contribution in [0.3, 0.4) is 0 Å². The van der Waals surface area contributed by atoms with Gasteiger partial charge in [0.15, 0.2) is 0 Å². The first-order valence-electron chi connectivity index (χ1n) is 12.0. The van der Waals surface area contributed by atoms with E-state index in [0.717, 1.165) is 24.0 Å². The van der Waals surface area contributed by atoms with Crippen LogP contribution in [0.15, 0.2) is 66.7 Å².